The van der Waals surface area contributed by atoms with Gasteiger partial charge in [-0.2, -0.15) is 0 Å². The van der Waals surface area contributed by atoms with Crippen molar-refractivity contribution in [3.8, 4) is 11.8 Å². The molecular formula is C49H67F2NO7. The molecule has 4 fully saturated rings. The standard InChI is InChI=1S/C29H35NO2.C20H32F2O5/c1-5-15-29(32)16-14-26-24-12-8-20-17-22(31)11-13-23(20)27(24)25(18-28(26,29)2)19-6-9-21(10-7-19)30(3)4;1-2-3-11-19(21,22)20(26)12-10-15-14(16(23)13-17(15)27-20)8-6-4-5-7-9-18(24)25/h6-7,9-10,17,24-26,32H,8,11-14,16,18H2,1-4H3;14-15,17,26H,2-13H2,1H3,(H,24,25)/t24-,25+,26-,28-,29-;14-,15-,17-,20-/m01/s1. The summed E-state index contributed by atoms with van der Waals surface area (Å²) in [5, 5.41) is 30.8. The van der Waals surface area contributed by atoms with E-state index in [1.807, 2.05) is 19.9 Å². The lowest BCUT2D eigenvalue weighted by Gasteiger charge is -2.53. The number of carboxylic acids is 1. The molecule has 0 amide bonds. The zero-order valence-electron chi connectivity index (χ0n) is 36.0. The number of alkyl halides is 2. The Labute approximate surface area is 350 Å². The Hall–Kier alpha value is -3.39. The quantitative estimate of drug-likeness (QED) is 0.133. The molecule has 5 aliphatic carbocycles. The Kier molecular flexibility index (Phi) is 14.0. The Morgan fingerprint density at radius 2 is 1.71 bits per heavy atom. The first-order valence-electron chi connectivity index (χ1n) is 22.4. The van der Waals surface area contributed by atoms with Gasteiger partial charge in [-0.15, -0.1) is 5.92 Å². The molecule has 0 radical (unpaired) electrons. The van der Waals surface area contributed by atoms with Crippen LogP contribution in [0.5, 0.6) is 0 Å². The second-order valence-electron chi connectivity index (χ2n) is 18.8. The SMILES string of the molecule is CC#C[C@]1(O)CC[C@H]2[C@@H]3CCC4=CC(=O)CCC4=C3[C@@H](c3ccc(N(C)C)cc3)C[C@@]21C.CCCCC(F)(F)[C@@]1(O)CC[C@H]2[C@@H](CC(=O)[C@@H]2CCCCCCC(=O)O)O1. The van der Waals surface area contributed by atoms with Gasteiger partial charge in [0.05, 0.1) is 6.10 Å². The van der Waals surface area contributed by atoms with Gasteiger partial charge in [0.1, 0.15) is 11.4 Å². The average molecular weight is 820 g/mol. The number of hydrogen-bond acceptors (Lipinski definition) is 7. The number of ketones is 2. The van der Waals surface area contributed by atoms with Crippen LogP contribution in [0.2, 0.25) is 0 Å². The number of allylic oxidation sites excluding steroid dienone is 4. The highest BCUT2D eigenvalue weighted by atomic mass is 19.3. The molecule has 3 N–H and O–H groups in total. The van der Waals surface area contributed by atoms with Crippen LogP contribution in [0.15, 0.2) is 47.1 Å². The molecule has 1 aromatic rings. The Morgan fingerprint density at radius 3 is 2.39 bits per heavy atom. The topological polar surface area (TPSA) is 124 Å². The van der Waals surface area contributed by atoms with Gasteiger partial charge in [0.15, 0.2) is 5.78 Å². The maximum Gasteiger partial charge on any atom is 0.303 e. The van der Waals surface area contributed by atoms with Crippen LogP contribution < -0.4 is 4.90 Å². The third-order valence-electron chi connectivity index (χ3n) is 15.1. The van der Waals surface area contributed by atoms with E-state index in [0.717, 1.165) is 57.8 Å². The smallest absolute Gasteiger partial charge is 0.303 e. The van der Waals surface area contributed by atoms with E-state index in [9.17, 15) is 33.4 Å². The first-order chi connectivity index (χ1) is 28.0. The molecule has 1 aliphatic heterocycles. The minimum absolute atomic E-state index is 0.0386. The molecule has 10 heteroatoms. The molecule has 324 valence electrons. The number of carbonyl (C=O) groups excluding carboxylic acids is 2. The van der Waals surface area contributed by atoms with Gasteiger partial charge >= 0.3 is 11.9 Å². The van der Waals surface area contributed by atoms with Crippen LogP contribution in [0.3, 0.4) is 0 Å². The first-order valence-corrected chi connectivity index (χ1v) is 22.4. The van der Waals surface area contributed by atoms with E-state index in [-0.39, 0.29) is 54.0 Å². The van der Waals surface area contributed by atoms with Gasteiger partial charge in [-0.25, -0.2) is 8.78 Å². The van der Waals surface area contributed by atoms with Crippen molar-refractivity contribution in [2.45, 2.75) is 172 Å². The fourth-order valence-electron chi connectivity index (χ4n) is 11.8. The van der Waals surface area contributed by atoms with Crippen molar-refractivity contribution in [1.82, 2.24) is 0 Å². The van der Waals surface area contributed by atoms with Crippen LogP contribution in [0, 0.1) is 40.9 Å². The predicted molar refractivity (Wildman–Crippen MR) is 225 cm³/mol. The van der Waals surface area contributed by atoms with Crippen molar-refractivity contribution < 1.29 is 43.2 Å². The Balaban J connectivity index is 0.000000202. The van der Waals surface area contributed by atoms with Crippen LogP contribution >= 0.6 is 0 Å². The molecule has 0 unspecified atom stereocenters. The molecule has 9 atom stereocenters. The lowest BCUT2D eigenvalue weighted by molar-refractivity contribution is -0.356. The lowest BCUT2D eigenvalue weighted by Crippen LogP contribution is -2.55. The number of anilines is 1. The molecule has 3 saturated carbocycles. The summed E-state index contributed by atoms with van der Waals surface area (Å²) in [6.45, 7) is 5.96. The zero-order chi connectivity index (χ0) is 42.8. The number of aliphatic carboxylic acids is 1. The zero-order valence-corrected chi connectivity index (χ0v) is 36.0. The van der Waals surface area contributed by atoms with Crippen molar-refractivity contribution in [3.05, 3.63) is 52.6 Å². The van der Waals surface area contributed by atoms with Crippen LogP contribution in [0.4, 0.5) is 14.5 Å². The maximum absolute atomic E-state index is 14.4. The molecule has 1 saturated heterocycles. The Bertz CT molecular complexity index is 1840. The van der Waals surface area contributed by atoms with Gasteiger partial charge in [-0.1, -0.05) is 63.2 Å². The monoisotopic (exact) mass is 819 g/mol. The average Bonchev–Trinajstić information content (AvgIpc) is 3.64. The molecule has 1 heterocycles. The van der Waals surface area contributed by atoms with E-state index in [0.29, 0.717) is 50.4 Å². The largest absolute Gasteiger partial charge is 0.481 e. The first kappa shape index (κ1) is 45.1. The predicted octanol–water partition coefficient (Wildman–Crippen LogP) is 9.72. The van der Waals surface area contributed by atoms with Crippen molar-refractivity contribution in [3.63, 3.8) is 0 Å². The van der Waals surface area contributed by atoms with Gasteiger partial charge < -0.3 is 25.0 Å². The van der Waals surface area contributed by atoms with Gasteiger partial charge in [0.2, 0.25) is 5.79 Å². The van der Waals surface area contributed by atoms with E-state index < -0.39 is 35.8 Å². The fraction of sp³-hybridized carbons (Fsp3) is 0.694. The summed E-state index contributed by atoms with van der Waals surface area (Å²) < 4.78 is 34.3. The summed E-state index contributed by atoms with van der Waals surface area (Å²) in [5.74, 6) is 0.938. The van der Waals surface area contributed by atoms with Gasteiger partial charge in [0, 0.05) is 69.1 Å². The number of nitrogens with zero attached hydrogens (tertiary/aromatic N) is 1. The van der Waals surface area contributed by atoms with Crippen molar-refractivity contribution in [2.75, 3.05) is 19.0 Å². The number of Topliss-reactive ketones (excluding diaryl/α,β-unsaturated/α-hetero) is 1. The summed E-state index contributed by atoms with van der Waals surface area (Å²) >= 11 is 0. The van der Waals surface area contributed by atoms with E-state index in [2.05, 4.69) is 62.0 Å². The number of aliphatic hydroxyl groups is 2. The van der Waals surface area contributed by atoms with Crippen LogP contribution in [0.1, 0.15) is 154 Å². The second kappa shape index (κ2) is 18.3. The van der Waals surface area contributed by atoms with E-state index in [1.165, 1.54) is 22.4 Å². The van der Waals surface area contributed by atoms with Gasteiger partial charge in [-0.3, -0.25) is 14.4 Å². The number of fused-ring (bicyclic) bond motifs is 5. The highest BCUT2D eigenvalue weighted by Gasteiger charge is 2.63. The number of halogens is 2. The fourth-order valence-corrected chi connectivity index (χ4v) is 11.8. The maximum atomic E-state index is 14.4. The minimum atomic E-state index is -3.31. The third kappa shape index (κ3) is 9.14. The van der Waals surface area contributed by atoms with Crippen molar-refractivity contribution >= 4 is 23.2 Å². The molecule has 1 aromatic carbocycles. The summed E-state index contributed by atoms with van der Waals surface area (Å²) in [6, 6.07) is 8.97. The molecule has 0 bridgehead atoms. The normalized spacial score (nSPS) is 33.7. The van der Waals surface area contributed by atoms with Crippen molar-refractivity contribution in [1.29, 1.82) is 0 Å². The molecular weight excluding hydrogens is 753 g/mol. The highest BCUT2D eigenvalue weighted by Crippen LogP contribution is 2.66. The number of carboxylic acid groups (broad SMARTS) is 1. The summed E-state index contributed by atoms with van der Waals surface area (Å²) in [4.78, 5) is 37.1. The summed E-state index contributed by atoms with van der Waals surface area (Å²) in [7, 11) is 4.14. The van der Waals surface area contributed by atoms with Crippen LogP contribution in [-0.2, 0) is 19.1 Å². The van der Waals surface area contributed by atoms with Crippen LogP contribution in [-0.4, -0.2) is 70.4 Å². The number of unbranched alkanes of at least 4 members (excludes halogenated alkanes) is 4. The summed E-state index contributed by atoms with van der Waals surface area (Å²) in [5.41, 5.74) is 5.71. The van der Waals surface area contributed by atoms with E-state index in [4.69, 9.17) is 9.84 Å². The third-order valence-corrected chi connectivity index (χ3v) is 15.1. The number of ether oxygens (including phenoxy) is 1. The molecule has 59 heavy (non-hydrogen) atoms. The van der Waals surface area contributed by atoms with Gasteiger partial charge in [-0.05, 0) is 124 Å². The second-order valence-corrected chi connectivity index (χ2v) is 18.8. The van der Waals surface area contributed by atoms with Crippen LogP contribution in [0.25, 0.3) is 0 Å². The Morgan fingerprint density at radius 1 is 0.983 bits per heavy atom. The summed E-state index contributed by atoms with van der Waals surface area (Å²) in [6.07, 6.45) is 12.4. The van der Waals surface area contributed by atoms with Crippen molar-refractivity contribution in [2.24, 2.45) is 29.1 Å². The molecule has 8 nitrogen and oxygen atoms in total. The molecule has 6 aliphatic rings. The van der Waals surface area contributed by atoms with E-state index >= 15 is 0 Å². The molecule has 7 rings (SSSR count). The minimum Gasteiger partial charge on any atom is -0.481 e. The number of hydrogen-bond donors (Lipinski definition) is 3. The molecule has 0 spiro atoms. The number of benzene rings is 1. The molecule has 0 aromatic heterocycles. The lowest BCUT2D eigenvalue weighted by atomic mass is 9.51. The number of rotatable bonds is 13. The van der Waals surface area contributed by atoms with Gasteiger partial charge in [0.25, 0.3) is 0 Å². The van der Waals surface area contributed by atoms with E-state index in [1.54, 1.807) is 5.57 Å². The highest BCUT2D eigenvalue weighted by molar-refractivity contribution is 5.93. The number of carbonyl (C=O) groups is 3.